The first-order valence-corrected chi connectivity index (χ1v) is 6.35. The number of nitrogens with one attached hydrogen (secondary N) is 1. The molecular formula is C13H22N2O. The third kappa shape index (κ3) is 2.30. The third-order valence-electron chi connectivity index (χ3n) is 4.00. The molecule has 0 aliphatic heterocycles. The largest absolute Gasteiger partial charge is 0.472 e. The molecule has 0 saturated heterocycles. The molecule has 3 unspecified atom stereocenters. The van der Waals surface area contributed by atoms with Gasteiger partial charge in [-0.25, -0.2) is 0 Å². The molecule has 2 rings (SSSR count). The predicted molar refractivity (Wildman–Crippen MR) is 64.5 cm³/mol. The normalized spacial score (nSPS) is 27.9. The number of hydrogen-bond acceptors (Lipinski definition) is 3. The molecule has 1 aromatic rings. The number of hydrazine groups is 1. The van der Waals surface area contributed by atoms with Gasteiger partial charge in [-0.05, 0) is 24.3 Å². The van der Waals surface area contributed by atoms with Crippen LogP contribution in [0.1, 0.15) is 50.6 Å². The molecule has 1 heterocycles. The summed E-state index contributed by atoms with van der Waals surface area (Å²) in [6.07, 6.45) is 10.1. The van der Waals surface area contributed by atoms with E-state index in [0.29, 0.717) is 5.92 Å². The van der Waals surface area contributed by atoms with E-state index in [1.54, 1.807) is 6.26 Å². The zero-order valence-corrected chi connectivity index (χ0v) is 9.99. The molecule has 0 radical (unpaired) electrons. The van der Waals surface area contributed by atoms with Crippen molar-refractivity contribution in [3.8, 4) is 0 Å². The Labute approximate surface area is 97.4 Å². The van der Waals surface area contributed by atoms with Crippen molar-refractivity contribution in [2.45, 2.75) is 45.1 Å². The molecule has 3 nitrogen and oxygen atoms in total. The smallest absolute Gasteiger partial charge is 0.0950 e. The van der Waals surface area contributed by atoms with Gasteiger partial charge in [0.1, 0.15) is 0 Å². The van der Waals surface area contributed by atoms with Gasteiger partial charge < -0.3 is 4.42 Å². The van der Waals surface area contributed by atoms with Gasteiger partial charge in [0, 0.05) is 5.56 Å². The van der Waals surface area contributed by atoms with Crippen LogP contribution in [0.5, 0.6) is 0 Å². The Kier molecular flexibility index (Phi) is 4.02. The molecule has 3 N–H and O–H groups in total. The highest BCUT2D eigenvalue weighted by molar-refractivity contribution is 5.13. The van der Waals surface area contributed by atoms with Crippen LogP contribution < -0.4 is 11.3 Å². The second-order valence-electron chi connectivity index (χ2n) is 4.82. The van der Waals surface area contributed by atoms with Crippen LogP contribution in [0.15, 0.2) is 23.0 Å². The minimum absolute atomic E-state index is 0.254. The highest BCUT2D eigenvalue weighted by Gasteiger charge is 2.31. The molecular weight excluding hydrogens is 200 g/mol. The first-order valence-electron chi connectivity index (χ1n) is 6.35. The maximum Gasteiger partial charge on any atom is 0.0950 e. The van der Waals surface area contributed by atoms with Gasteiger partial charge in [-0.1, -0.05) is 32.6 Å². The maximum absolute atomic E-state index is 5.72. The molecule has 3 heteroatoms. The molecule has 1 aliphatic rings. The molecule has 1 fully saturated rings. The quantitative estimate of drug-likeness (QED) is 0.608. The van der Waals surface area contributed by atoms with Crippen molar-refractivity contribution >= 4 is 0 Å². The van der Waals surface area contributed by atoms with Crippen molar-refractivity contribution in [2.75, 3.05) is 0 Å². The summed E-state index contributed by atoms with van der Waals surface area (Å²) in [4.78, 5) is 0. The van der Waals surface area contributed by atoms with Crippen molar-refractivity contribution in [1.29, 1.82) is 0 Å². The van der Waals surface area contributed by atoms with E-state index >= 15 is 0 Å². The second-order valence-corrected chi connectivity index (χ2v) is 4.82. The fraction of sp³-hybridized carbons (Fsp3) is 0.692. The fourth-order valence-corrected chi connectivity index (χ4v) is 3.10. The molecule has 0 amide bonds. The monoisotopic (exact) mass is 222 g/mol. The first-order chi connectivity index (χ1) is 7.86. The Morgan fingerprint density at radius 2 is 2.31 bits per heavy atom. The topological polar surface area (TPSA) is 51.2 Å². The summed E-state index contributed by atoms with van der Waals surface area (Å²) in [6.45, 7) is 2.28. The zero-order valence-electron chi connectivity index (χ0n) is 9.99. The van der Waals surface area contributed by atoms with Crippen molar-refractivity contribution in [1.82, 2.24) is 5.43 Å². The maximum atomic E-state index is 5.72. The fourth-order valence-electron chi connectivity index (χ4n) is 3.10. The Bertz CT molecular complexity index is 297. The molecule has 1 saturated carbocycles. The van der Waals surface area contributed by atoms with Gasteiger partial charge in [0.2, 0.25) is 0 Å². The van der Waals surface area contributed by atoms with E-state index < -0.39 is 0 Å². The zero-order chi connectivity index (χ0) is 11.4. The lowest BCUT2D eigenvalue weighted by Gasteiger charge is -2.36. The SMILES string of the molecule is CCC1CCCCC1C(NN)c1ccoc1. The molecule has 0 aromatic carbocycles. The van der Waals surface area contributed by atoms with E-state index in [-0.39, 0.29) is 6.04 Å². The van der Waals surface area contributed by atoms with Crippen LogP contribution in [0.3, 0.4) is 0 Å². The highest BCUT2D eigenvalue weighted by Crippen LogP contribution is 2.39. The van der Waals surface area contributed by atoms with E-state index in [0.717, 1.165) is 5.92 Å². The molecule has 1 aliphatic carbocycles. The number of nitrogens with two attached hydrogens (primary N) is 1. The van der Waals surface area contributed by atoms with Gasteiger partial charge in [-0.2, -0.15) is 0 Å². The van der Waals surface area contributed by atoms with Gasteiger partial charge >= 0.3 is 0 Å². The second kappa shape index (κ2) is 5.51. The van der Waals surface area contributed by atoms with E-state index in [1.165, 1.54) is 37.7 Å². The van der Waals surface area contributed by atoms with Crippen LogP contribution >= 0.6 is 0 Å². The lowest BCUT2D eigenvalue weighted by molar-refractivity contribution is 0.175. The molecule has 90 valence electrons. The summed E-state index contributed by atoms with van der Waals surface area (Å²) in [5.41, 5.74) is 4.17. The lowest BCUT2D eigenvalue weighted by atomic mass is 9.73. The van der Waals surface area contributed by atoms with E-state index in [1.807, 2.05) is 12.3 Å². The van der Waals surface area contributed by atoms with Crippen molar-refractivity contribution in [3.63, 3.8) is 0 Å². The van der Waals surface area contributed by atoms with Crippen molar-refractivity contribution in [2.24, 2.45) is 17.7 Å². The first kappa shape index (κ1) is 11.7. The van der Waals surface area contributed by atoms with Crippen LogP contribution in [0.4, 0.5) is 0 Å². The van der Waals surface area contributed by atoms with Crippen molar-refractivity contribution < 1.29 is 4.42 Å². The summed E-state index contributed by atoms with van der Waals surface area (Å²) >= 11 is 0. The third-order valence-corrected chi connectivity index (χ3v) is 4.00. The predicted octanol–water partition coefficient (Wildman–Crippen LogP) is 3.00. The molecule has 0 spiro atoms. The Hall–Kier alpha value is -0.800. The van der Waals surface area contributed by atoms with Gasteiger partial charge in [0.25, 0.3) is 0 Å². The number of hydrogen-bond donors (Lipinski definition) is 2. The minimum atomic E-state index is 0.254. The molecule has 3 atom stereocenters. The van der Waals surface area contributed by atoms with Crippen LogP contribution in [-0.4, -0.2) is 0 Å². The number of rotatable bonds is 4. The average molecular weight is 222 g/mol. The van der Waals surface area contributed by atoms with E-state index in [9.17, 15) is 0 Å². The number of furan rings is 1. The van der Waals surface area contributed by atoms with Gasteiger partial charge in [0.15, 0.2) is 0 Å². The van der Waals surface area contributed by atoms with Gasteiger partial charge in [-0.3, -0.25) is 11.3 Å². The summed E-state index contributed by atoms with van der Waals surface area (Å²) in [5, 5.41) is 0. The summed E-state index contributed by atoms with van der Waals surface area (Å²) in [5.74, 6) is 7.17. The van der Waals surface area contributed by atoms with E-state index in [4.69, 9.17) is 10.3 Å². The molecule has 1 aromatic heterocycles. The molecule has 16 heavy (non-hydrogen) atoms. The highest BCUT2D eigenvalue weighted by atomic mass is 16.3. The van der Waals surface area contributed by atoms with Crippen molar-refractivity contribution in [3.05, 3.63) is 24.2 Å². The minimum Gasteiger partial charge on any atom is -0.472 e. The standard InChI is InChI=1S/C13H22N2O/c1-2-10-5-3-4-6-12(10)13(15-14)11-7-8-16-9-11/h7-10,12-13,15H,2-6,14H2,1H3. The van der Waals surface area contributed by atoms with E-state index in [2.05, 4.69) is 12.3 Å². The van der Waals surface area contributed by atoms with Crippen LogP contribution in [-0.2, 0) is 0 Å². The van der Waals surface area contributed by atoms with Crippen LogP contribution in [0.2, 0.25) is 0 Å². The summed E-state index contributed by atoms with van der Waals surface area (Å²) in [6, 6.07) is 2.27. The van der Waals surface area contributed by atoms with Crippen LogP contribution in [0.25, 0.3) is 0 Å². The average Bonchev–Trinajstić information content (AvgIpc) is 2.84. The summed E-state index contributed by atoms with van der Waals surface area (Å²) in [7, 11) is 0. The Morgan fingerprint density at radius 3 is 2.94 bits per heavy atom. The summed E-state index contributed by atoms with van der Waals surface area (Å²) < 4.78 is 5.16. The molecule has 0 bridgehead atoms. The van der Waals surface area contributed by atoms with Gasteiger partial charge in [0.05, 0.1) is 18.6 Å². The lowest BCUT2D eigenvalue weighted by Crippen LogP contribution is -2.37. The van der Waals surface area contributed by atoms with Gasteiger partial charge in [-0.15, -0.1) is 0 Å². The van der Waals surface area contributed by atoms with Crippen LogP contribution in [0, 0.1) is 11.8 Å². The Balaban J connectivity index is 2.13. The Morgan fingerprint density at radius 1 is 1.50 bits per heavy atom.